The molecule has 0 aromatic heterocycles. The van der Waals surface area contributed by atoms with Crippen molar-refractivity contribution in [2.45, 2.75) is 12.8 Å². The van der Waals surface area contributed by atoms with Crippen LogP contribution in [-0.2, 0) is 0 Å². The van der Waals surface area contributed by atoms with Crippen LogP contribution in [-0.4, -0.2) is 23.9 Å². The SMILES string of the molecule is NCCCCNC(=O)c1ccc(N)c([N+](=O)[O-])c1. The third-order valence-corrected chi connectivity index (χ3v) is 2.41. The van der Waals surface area contributed by atoms with Crippen LogP contribution < -0.4 is 16.8 Å². The van der Waals surface area contributed by atoms with Gasteiger partial charge in [0, 0.05) is 18.2 Å². The average Bonchev–Trinajstić information content (AvgIpc) is 2.34. The summed E-state index contributed by atoms with van der Waals surface area (Å²) in [5, 5.41) is 13.3. The van der Waals surface area contributed by atoms with Gasteiger partial charge in [-0.2, -0.15) is 0 Å². The monoisotopic (exact) mass is 252 g/mol. The smallest absolute Gasteiger partial charge is 0.292 e. The third kappa shape index (κ3) is 3.70. The fraction of sp³-hybridized carbons (Fsp3) is 0.364. The Balaban J connectivity index is 2.68. The average molecular weight is 252 g/mol. The highest BCUT2D eigenvalue weighted by atomic mass is 16.6. The van der Waals surface area contributed by atoms with Crippen molar-refractivity contribution in [1.82, 2.24) is 5.32 Å². The number of nitrogens with zero attached hydrogens (tertiary/aromatic N) is 1. The van der Waals surface area contributed by atoms with E-state index in [1.807, 2.05) is 0 Å². The quantitative estimate of drug-likeness (QED) is 0.296. The van der Waals surface area contributed by atoms with E-state index in [0.29, 0.717) is 13.1 Å². The molecule has 0 heterocycles. The van der Waals surface area contributed by atoms with Crippen molar-refractivity contribution >= 4 is 17.3 Å². The van der Waals surface area contributed by atoms with Crippen molar-refractivity contribution in [1.29, 1.82) is 0 Å². The Morgan fingerprint density at radius 3 is 2.72 bits per heavy atom. The van der Waals surface area contributed by atoms with E-state index >= 15 is 0 Å². The van der Waals surface area contributed by atoms with Gasteiger partial charge in [-0.3, -0.25) is 14.9 Å². The number of hydrogen-bond donors (Lipinski definition) is 3. The molecule has 0 radical (unpaired) electrons. The summed E-state index contributed by atoms with van der Waals surface area (Å²) in [7, 11) is 0. The number of anilines is 1. The number of benzene rings is 1. The molecule has 1 aromatic carbocycles. The van der Waals surface area contributed by atoms with Crippen LogP contribution in [0.25, 0.3) is 0 Å². The molecule has 1 aromatic rings. The first kappa shape index (κ1) is 13.9. The lowest BCUT2D eigenvalue weighted by Crippen LogP contribution is -2.25. The molecule has 18 heavy (non-hydrogen) atoms. The summed E-state index contributed by atoms with van der Waals surface area (Å²) in [5.41, 5.74) is 10.8. The van der Waals surface area contributed by atoms with Gasteiger partial charge in [0.25, 0.3) is 11.6 Å². The molecule has 0 bridgehead atoms. The maximum Gasteiger partial charge on any atom is 0.292 e. The number of amides is 1. The zero-order valence-electron chi connectivity index (χ0n) is 9.89. The summed E-state index contributed by atoms with van der Waals surface area (Å²) in [5.74, 6) is -0.352. The standard InChI is InChI=1S/C11H16N4O3/c12-5-1-2-6-14-11(16)8-3-4-9(13)10(7-8)15(17)18/h3-4,7H,1-2,5-6,12-13H2,(H,14,16). The lowest BCUT2D eigenvalue weighted by molar-refractivity contribution is -0.383. The predicted molar refractivity (Wildman–Crippen MR) is 68.1 cm³/mol. The number of carbonyl (C=O) groups is 1. The Hall–Kier alpha value is -2.15. The van der Waals surface area contributed by atoms with Crippen LogP contribution in [0.2, 0.25) is 0 Å². The normalized spacial score (nSPS) is 10.1. The maximum atomic E-state index is 11.7. The Morgan fingerprint density at radius 1 is 1.39 bits per heavy atom. The summed E-state index contributed by atoms with van der Waals surface area (Å²) in [6.45, 7) is 1.07. The first-order valence-electron chi connectivity index (χ1n) is 5.58. The van der Waals surface area contributed by atoms with E-state index in [-0.39, 0.29) is 22.8 Å². The molecule has 1 amide bonds. The summed E-state index contributed by atoms with van der Waals surface area (Å²) >= 11 is 0. The molecule has 7 heteroatoms. The molecular weight excluding hydrogens is 236 g/mol. The van der Waals surface area contributed by atoms with Gasteiger partial charge in [0.05, 0.1) is 4.92 Å². The molecule has 5 N–H and O–H groups in total. The van der Waals surface area contributed by atoms with Crippen molar-refractivity contribution in [3.63, 3.8) is 0 Å². The molecule has 0 aliphatic carbocycles. The minimum absolute atomic E-state index is 0.0414. The number of nitrogen functional groups attached to an aromatic ring is 1. The summed E-state index contributed by atoms with van der Waals surface area (Å²) < 4.78 is 0. The van der Waals surface area contributed by atoms with Gasteiger partial charge in [0.15, 0.2) is 0 Å². The maximum absolute atomic E-state index is 11.7. The Labute approximate surface area is 104 Å². The number of nitrogens with one attached hydrogen (secondary N) is 1. The van der Waals surface area contributed by atoms with E-state index in [1.54, 1.807) is 0 Å². The third-order valence-electron chi connectivity index (χ3n) is 2.41. The predicted octanol–water partition coefficient (Wildman–Crippen LogP) is 0.646. The first-order chi connectivity index (χ1) is 8.56. The highest BCUT2D eigenvalue weighted by Crippen LogP contribution is 2.22. The summed E-state index contributed by atoms with van der Waals surface area (Å²) in [4.78, 5) is 21.8. The second-order valence-electron chi connectivity index (χ2n) is 3.78. The molecule has 0 atom stereocenters. The van der Waals surface area contributed by atoms with Gasteiger partial charge in [0.2, 0.25) is 0 Å². The first-order valence-corrected chi connectivity index (χ1v) is 5.58. The molecular formula is C11H16N4O3. The van der Waals surface area contributed by atoms with Crippen molar-refractivity contribution in [3.8, 4) is 0 Å². The fourth-order valence-electron chi connectivity index (χ4n) is 1.42. The van der Waals surface area contributed by atoms with Crippen LogP contribution >= 0.6 is 0 Å². The molecule has 0 spiro atoms. The van der Waals surface area contributed by atoms with E-state index in [2.05, 4.69) is 5.32 Å². The molecule has 0 saturated heterocycles. The van der Waals surface area contributed by atoms with Crippen LogP contribution in [0, 0.1) is 10.1 Å². The highest BCUT2D eigenvalue weighted by Gasteiger charge is 2.15. The molecule has 0 aliphatic rings. The fourth-order valence-corrected chi connectivity index (χ4v) is 1.42. The lowest BCUT2D eigenvalue weighted by Gasteiger charge is -2.05. The minimum Gasteiger partial charge on any atom is -0.393 e. The number of carbonyl (C=O) groups excluding carboxylic acids is 1. The van der Waals surface area contributed by atoms with Gasteiger partial charge in [-0.25, -0.2) is 0 Å². The molecule has 7 nitrogen and oxygen atoms in total. The molecule has 0 aliphatic heterocycles. The second-order valence-corrected chi connectivity index (χ2v) is 3.78. The van der Waals surface area contributed by atoms with Crippen molar-refractivity contribution < 1.29 is 9.72 Å². The highest BCUT2D eigenvalue weighted by molar-refractivity contribution is 5.95. The largest absolute Gasteiger partial charge is 0.393 e. The number of rotatable bonds is 6. The van der Waals surface area contributed by atoms with Crippen LogP contribution in [0.4, 0.5) is 11.4 Å². The molecule has 0 unspecified atom stereocenters. The van der Waals surface area contributed by atoms with Gasteiger partial charge in [-0.05, 0) is 31.5 Å². The molecule has 0 fully saturated rings. The molecule has 1 rings (SSSR count). The van der Waals surface area contributed by atoms with Gasteiger partial charge >= 0.3 is 0 Å². The Kier molecular flexibility index (Phi) is 5.06. The van der Waals surface area contributed by atoms with Crippen LogP contribution in [0.1, 0.15) is 23.2 Å². The number of hydrogen-bond acceptors (Lipinski definition) is 5. The van der Waals surface area contributed by atoms with E-state index in [9.17, 15) is 14.9 Å². The molecule has 98 valence electrons. The van der Waals surface area contributed by atoms with E-state index in [1.165, 1.54) is 18.2 Å². The summed E-state index contributed by atoms with van der Waals surface area (Å²) in [6, 6.07) is 3.99. The van der Waals surface area contributed by atoms with Crippen molar-refractivity contribution in [3.05, 3.63) is 33.9 Å². The lowest BCUT2D eigenvalue weighted by atomic mass is 10.1. The van der Waals surface area contributed by atoms with Crippen molar-refractivity contribution in [2.75, 3.05) is 18.8 Å². The number of nitrogens with two attached hydrogens (primary N) is 2. The number of nitro benzene ring substituents is 1. The Bertz CT molecular complexity index is 448. The van der Waals surface area contributed by atoms with Gasteiger partial charge < -0.3 is 16.8 Å². The minimum atomic E-state index is -0.611. The van der Waals surface area contributed by atoms with E-state index < -0.39 is 4.92 Å². The molecule has 0 saturated carbocycles. The van der Waals surface area contributed by atoms with Crippen LogP contribution in [0.5, 0.6) is 0 Å². The van der Waals surface area contributed by atoms with E-state index in [0.717, 1.165) is 12.8 Å². The van der Waals surface area contributed by atoms with Crippen LogP contribution in [0.3, 0.4) is 0 Å². The second kappa shape index (κ2) is 6.55. The topological polar surface area (TPSA) is 124 Å². The van der Waals surface area contributed by atoms with Gasteiger partial charge in [0.1, 0.15) is 5.69 Å². The van der Waals surface area contributed by atoms with Gasteiger partial charge in [-0.15, -0.1) is 0 Å². The number of nitro groups is 1. The van der Waals surface area contributed by atoms with Crippen molar-refractivity contribution in [2.24, 2.45) is 5.73 Å². The Morgan fingerprint density at radius 2 is 2.11 bits per heavy atom. The number of unbranched alkanes of at least 4 members (excludes halogenated alkanes) is 1. The van der Waals surface area contributed by atoms with Crippen LogP contribution in [0.15, 0.2) is 18.2 Å². The van der Waals surface area contributed by atoms with Gasteiger partial charge in [-0.1, -0.05) is 0 Å². The summed E-state index contributed by atoms with van der Waals surface area (Å²) in [6.07, 6.45) is 1.60. The zero-order valence-corrected chi connectivity index (χ0v) is 9.89. The zero-order chi connectivity index (χ0) is 13.5. The van der Waals surface area contributed by atoms with E-state index in [4.69, 9.17) is 11.5 Å².